The first-order valence-corrected chi connectivity index (χ1v) is 4.62. The molecule has 0 aromatic heterocycles. The molecule has 0 bridgehead atoms. The van der Waals surface area contributed by atoms with Crippen LogP contribution < -0.4 is 0 Å². The molecule has 0 saturated carbocycles. The highest BCUT2D eigenvalue weighted by Crippen LogP contribution is 2.26. The average Bonchev–Trinajstić information content (AvgIpc) is 2.15. The third-order valence-corrected chi connectivity index (χ3v) is 2.34. The van der Waals surface area contributed by atoms with E-state index in [9.17, 15) is 10.0 Å². The number of allylic oxidation sites excluding steroid dienone is 2. The first-order chi connectivity index (χ1) is 6.23. The summed E-state index contributed by atoms with van der Waals surface area (Å²) in [5.74, 6) is 0. The molecule has 3 heteroatoms. The monoisotopic (exact) mass is 181 g/mol. The van der Waals surface area contributed by atoms with Gasteiger partial charge in [0.25, 0.3) is 0 Å². The minimum Gasteiger partial charge on any atom is -0.383 e. The molecule has 0 aromatic carbocycles. The van der Waals surface area contributed by atoms with Crippen molar-refractivity contribution in [3.63, 3.8) is 0 Å². The molecule has 1 aliphatic carbocycles. The Balaban J connectivity index is 2.71. The molecule has 0 saturated heterocycles. The van der Waals surface area contributed by atoms with Gasteiger partial charge in [-0.15, -0.1) is 0 Å². The number of nitroso groups, excluding NO2 is 1. The number of nitrogens with zero attached hydrogens (tertiary/aromatic N) is 1. The topological polar surface area (TPSA) is 49.7 Å². The van der Waals surface area contributed by atoms with Gasteiger partial charge in [-0.2, -0.15) is 4.91 Å². The molecule has 3 nitrogen and oxygen atoms in total. The predicted octanol–water partition coefficient (Wildman–Crippen LogP) is 2.17. The Morgan fingerprint density at radius 2 is 2.38 bits per heavy atom. The average molecular weight is 181 g/mol. The molecule has 0 unspecified atom stereocenters. The van der Waals surface area contributed by atoms with E-state index in [1.165, 1.54) is 0 Å². The summed E-state index contributed by atoms with van der Waals surface area (Å²) in [5.41, 5.74) is -1.05. The summed E-state index contributed by atoms with van der Waals surface area (Å²) < 4.78 is 0. The largest absolute Gasteiger partial charge is 0.383 e. The maximum Gasteiger partial charge on any atom is 0.124 e. The van der Waals surface area contributed by atoms with E-state index >= 15 is 0 Å². The number of hydrogen-bond acceptors (Lipinski definition) is 3. The van der Waals surface area contributed by atoms with Gasteiger partial charge in [-0.05, 0) is 6.42 Å². The molecular weight excluding hydrogens is 166 g/mol. The van der Waals surface area contributed by atoms with Crippen LogP contribution in [-0.2, 0) is 0 Å². The minimum absolute atomic E-state index is 0.486. The normalized spacial score (nSPS) is 28.8. The number of rotatable bonds is 4. The van der Waals surface area contributed by atoms with Gasteiger partial charge in [0.1, 0.15) is 11.6 Å². The summed E-state index contributed by atoms with van der Waals surface area (Å²) >= 11 is 0. The standard InChI is InChI=1S/C10H15NO2/c1-2-6-9(11-13)10(12)7-4-3-5-8-10/h3-5,7,9,12H,2,6,8H2,1H3/t9-,10-/m0/s1. The Kier molecular flexibility index (Phi) is 3.37. The van der Waals surface area contributed by atoms with E-state index in [2.05, 4.69) is 5.18 Å². The summed E-state index contributed by atoms with van der Waals surface area (Å²) in [7, 11) is 0. The maximum absolute atomic E-state index is 10.5. The highest BCUT2D eigenvalue weighted by molar-refractivity contribution is 5.20. The van der Waals surface area contributed by atoms with Crippen molar-refractivity contribution in [2.75, 3.05) is 0 Å². The van der Waals surface area contributed by atoms with Crippen molar-refractivity contribution >= 4 is 0 Å². The predicted molar refractivity (Wildman–Crippen MR) is 52.3 cm³/mol. The molecule has 0 radical (unpaired) electrons. The van der Waals surface area contributed by atoms with Crippen molar-refractivity contribution in [3.8, 4) is 0 Å². The van der Waals surface area contributed by atoms with Crippen LogP contribution in [0.1, 0.15) is 26.2 Å². The summed E-state index contributed by atoms with van der Waals surface area (Å²) in [6.07, 6.45) is 9.12. The van der Waals surface area contributed by atoms with E-state index in [-0.39, 0.29) is 0 Å². The van der Waals surface area contributed by atoms with Gasteiger partial charge in [-0.25, -0.2) is 0 Å². The van der Waals surface area contributed by atoms with Gasteiger partial charge in [0, 0.05) is 6.42 Å². The Morgan fingerprint density at radius 1 is 1.62 bits per heavy atom. The van der Waals surface area contributed by atoms with Gasteiger partial charge in [-0.3, -0.25) is 0 Å². The van der Waals surface area contributed by atoms with Crippen LogP contribution in [-0.4, -0.2) is 16.7 Å². The van der Waals surface area contributed by atoms with Crippen molar-refractivity contribution in [2.24, 2.45) is 5.18 Å². The van der Waals surface area contributed by atoms with Crippen LogP contribution in [0.5, 0.6) is 0 Å². The highest BCUT2D eigenvalue weighted by Gasteiger charge is 2.34. The summed E-state index contributed by atoms with van der Waals surface area (Å²) in [6.45, 7) is 1.98. The Bertz CT molecular complexity index is 235. The smallest absolute Gasteiger partial charge is 0.124 e. The Hall–Kier alpha value is -0.960. The molecule has 2 atom stereocenters. The second-order valence-corrected chi connectivity index (χ2v) is 3.39. The lowest BCUT2D eigenvalue weighted by Crippen LogP contribution is -2.39. The van der Waals surface area contributed by atoms with Gasteiger partial charge < -0.3 is 5.11 Å². The summed E-state index contributed by atoms with van der Waals surface area (Å²) in [5, 5.41) is 13.0. The minimum atomic E-state index is -1.05. The molecule has 0 fully saturated rings. The third-order valence-electron chi connectivity index (χ3n) is 2.34. The van der Waals surface area contributed by atoms with Crippen molar-refractivity contribution in [1.29, 1.82) is 0 Å². The van der Waals surface area contributed by atoms with Crippen LogP contribution in [0.3, 0.4) is 0 Å². The van der Waals surface area contributed by atoms with E-state index in [0.717, 1.165) is 6.42 Å². The van der Waals surface area contributed by atoms with Crippen LogP contribution in [0.15, 0.2) is 29.5 Å². The van der Waals surface area contributed by atoms with E-state index < -0.39 is 11.6 Å². The molecule has 13 heavy (non-hydrogen) atoms. The lowest BCUT2D eigenvalue weighted by molar-refractivity contribution is 0.0614. The second kappa shape index (κ2) is 4.33. The molecule has 0 aromatic rings. The van der Waals surface area contributed by atoms with Crippen molar-refractivity contribution in [2.45, 2.75) is 37.8 Å². The summed E-state index contributed by atoms with van der Waals surface area (Å²) in [6, 6.07) is -0.515. The first-order valence-electron chi connectivity index (χ1n) is 4.62. The molecule has 0 heterocycles. The van der Waals surface area contributed by atoms with Crippen LogP contribution in [0.4, 0.5) is 0 Å². The van der Waals surface area contributed by atoms with Crippen molar-refractivity contribution in [3.05, 3.63) is 29.2 Å². The van der Waals surface area contributed by atoms with Crippen LogP contribution in [0.2, 0.25) is 0 Å². The fourth-order valence-corrected chi connectivity index (χ4v) is 1.54. The highest BCUT2D eigenvalue weighted by atomic mass is 16.3. The Morgan fingerprint density at radius 3 is 2.85 bits per heavy atom. The van der Waals surface area contributed by atoms with E-state index in [0.29, 0.717) is 12.8 Å². The quantitative estimate of drug-likeness (QED) is 0.676. The lowest BCUT2D eigenvalue weighted by Gasteiger charge is -2.29. The zero-order chi connectivity index (χ0) is 9.73. The van der Waals surface area contributed by atoms with Gasteiger partial charge in [0.2, 0.25) is 0 Å². The van der Waals surface area contributed by atoms with E-state index in [1.807, 2.05) is 19.1 Å². The zero-order valence-corrected chi connectivity index (χ0v) is 7.81. The molecule has 1 N–H and O–H groups in total. The Labute approximate surface area is 78.1 Å². The number of aliphatic hydroxyl groups is 1. The molecule has 0 spiro atoms. The van der Waals surface area contributed by atoms with Gasteiger partial charge in [0.15, 0.2) is 0 Å². The molecular formula is C10H15NO2. The van der Waals surface area contributed by atoms with Crippen LogP contribution in [0, 0.1) is 4.91 Å². The lowest BCUT2D eigenvalue weighted by atomic mass is 9.86. The molecule has 72 valence electrons. The van der Waals surface area contributed by atoms with E-state index in [1.54, 1.807) is 12.2 Å². The zero-order valence-electron chi connectivity index (χ0n) is 7.81. The van der Waals surface area contributed by atoms with Crippen molar-refractivity contribution in [1.82, 2.24) is 0 Å². The molecule has 1 rings (SSSR count). The van der Waals surface area contributed by atoms with E-state index in [4.69, 9.17) is 0 Å². The fourth-order valence-electron chi connectivity index (χ4n) is 1.54. The van der Waals surface area contributed by atoms with Crippen LogP contribution >= 0.6 is 0 Å². The SMILES string of the molecule is CCC[C@H](N=O)[C@]1(O)C=CC=CC1. The van der Waals surface area contributed by atoms with Gasteiger partial charge >= 0.3 is 0 Å². The fraction of sp³-hybridized carbons (Fsp3) is 0.600. The maximum atomic E-state index is 10.5. The second-order valence-electron chi connectivity index (χ2n) is 3.39. The molecule has 0 amide bonds. The first kappa shape index (κ1) is 10.1. The third kappa shape index (κ3) is 2.25. The van der Waals surface area contributed by atoms with Crippen LogP contribution in [0.25, 0.3) is 0 Å². The molecule has 1 aliphatic rings. The van der Waals surface area contributed by atoms with Gasteiger partial charge in [-0.1, -0.05) is 42.8 Å². The number of hydrogen-bond donors (Lipinski definition) is 1. The summed E-state index contributed by atoms with van der Waals surface area (Å²) in [4.78, 5) is 10.5. The van der Waals surface area contributed by atoms with Crippen molar-refractivity contribution < 1.29 is 5.11 Å². The van der Waals surface area contributed by atoms with Gasteiger partial charge in [0.05, 0.1) is 0 Å². The molecule has 0 aliphatic heterocycles.